The predicted molar refractivity (Wildman–Crippen MR) is 102 cm³/mol. The second kappa shape index (κ2) is 9.01. The minimum absolute atomic E-state index is 0.0769. The molecule has 6 heteroatoms. The van der Waals surface area contributed by atoms with E-state index in [9.17, 15) is 14.9 Å². The van der Waals surface area contributed by atoms with Crippen molar-refractivity contribution in [2.45, 2.75) is 58.9 Å². The summed E-state index contributed by atoms with van der Waals surface area (Å²) in [6.45, 7) is 6.69. The molecule has 26 heavy (non-hydrogen) atoms. The first-order chi connectivity index (χ1) is 12.3. The van der Waals surface area contributed by atoms with Crippen molar-refractivity contribution in [2.24, 2.45) is 17.8 Å². The SMILES string of the molecule is COC(=O)CCc1ccc(N[C@@H]2C[C@H](C)CC[C@H]2C(C)C)c([N+](=O)[O-])c1. The Bertz CT molecular complexity index is 645. The van der Waals surface area contributed by atoms with E-state index in [1.807, 2.05) is 6.07 Å². The first-order valence-corrected chi connectivity index (χ1v) is 9.42. The van der Waals surface area contributed by atoms with E-state index in [0.29, 0.717) is 29.9 Å². The molecule has 6 nitrogen and oxygen atoms in total. The number of benzene rings is 1. The van der Waals surface area contributed by atoms with Gasteiger partial charge < -0.3 is 10.1 Å². The molecule has 2 rings (SSSR count). The first-order valence-electron chi connectivity index (χ1n) is 9.42. The smallest absolute Gasteiger partial charge is 0.305 e. The van der Waals surface area contributed by atoms with Gasteiger partial charge in [0.15, 0.2) is 0 Å². The lowest BCUT2D eigenvalue weighted by molar-refractivity contribution is -0.384. The van der Waals surface area contributed by atoms with Gasteiger partial charge in [0.05, 0.1) is 12.0 Å². The molecule has 3 atom stereocenters. The van der Waals surface area contributed by atoms with Crippen LogP contribution in [-0.2, 0) is 16.0 Å². The number of nitrogens with zero attached hydrogens (tertiary/aromatic N) is 1. The van der Waals surface area contributed by atoms with E-state index in [0.717, 1.165) is 18.4 Å². The Morgan fingerprint density at radius 1 is 1.38 bits per heavy atom. The van der Waals surface area contributed by atoms with Crippen LogP contribution >= 0.6 is 0 Å². The number of nitro benzene ring substituents is 1. The largest absolute Gasteiger partial charge is 0.469 e. The van der Waals surface area contributed by atoms with Crippen molar-refractivity contribution in [3.05, 3.63) is 33.9 Å². The number of hydrogen-bond donors (Lipinski definition) is 1. The topological polar surface area (TPSA) is 81.5 Å². The van der Waals surface area contributed by atoms with Crippen LogP contribution in [0.4, 0.5) is 11.4 Å². The molecule has 1 aliphatic carbocycles. The molecular formula is C20H30N2O4. The van der Waals surface area contributed by atoms with Gasteiger partial charge in [-0.3, -0.25) is 14.9 Å². The quantitative estimate of drug-likeness (QED) is 0.436. The van der Waals surface area contributed by atoms with Crippen molar-refractivity contribution < 1.29 is 14.5 Å². The molecule has 1 fully saturated rings. The lowest BCUT2D eigenvalue weighted by atomic mass is 9.74. The summed E-state index contributed by atoms with van der Waals surface area (Å²) in [5.41, 5.74) is 1.42. The Labute approximate surface area is 155 Å². The van der Waals surface area contributed by atoms with Crippen molar-refractivity contribution in [1.82, 2.24) is 0 Å². The number of aryl methyl sites for hydroxylation is 1. The second-order valence-corrected chi connectivity index (χ2v) is 7.76. The molecule has 0 amide bonds. The molecule has 0 unspecified atom stereocenters. The van der Waals surface area contributed by atoms with E-state index in [4.69, 9.17) is 0 Å². The van der Waals surface area contributed by atoms with E-state index < -0.39 is 0 Å². The maximum Gasteiger partial charge on any atom is 0.305 e. The molecule has 0 aromatic heterocycles. The molecule has 0 heterocycles. The number of carbonyl (C=O) groups is 1. The highest BCUT2D eigenvalue weighted by atomic mass is 16.6. The summed E-state index contributed by atoms with van der Waals surface area (Å²) in [7, 11) is 1.34. The second-order valence-electron chi connectivity index (χ2n) is 7.76. The third-order valence-corrected chi connectivity index (χ3v) is 5.47. The number of esters is 1. The van der Waals surface area contributed by atoms with Gasteiger partial charge in [-0.1, -0.05) is 33.3 Å². The van der Waals surface area contributed by atoms with Crippen LogP contribution in [0, 0.1) is 27.9 Å². The molecule has 144 valence electrons. The summed E-state index contributed by atoms with van der Waals surface area (Å²) in [6.07, 6.45) is 4.06. The highest BCUT2D eigenvalue weighted by Gasteiger charge is 2.31. The fourth-order valence-electron chi connectivity index (χ4n) is 3.92. The summed E-state index contributed by atoms with van der Waals surface area (Å²) in [5.74, 6) is 1.37. The van der Waals surface area contributed by atoms with Gasteiger partial charge in [-0.15, -0.1) is 0 Å². The zero-order valence-electron chi connectivity index (χ0n) is 16.2. The number of methoxy groups -OCH3 is 1. The van der Waals surface area contributed by atoms with Gasteiger partial charge in [0.1, 0.15) is 5.69 Å². The number of anilines is 1. The number of ether oxygens (including phenoxy) is 1. The van der Waals surface area contributed by atoms with E-state index in [-0.39, 0.29) is 29.0 Å². The van der Waals surface area contributed by atoms with E-state index >= 15 is 0 Å². The van der Waals surface area contributed by atoms with Crippen molar-refractivity contribution in [1.29, 1.82) is 0 Å². The van der Waals surface area contributed by atoms with Crippen LogP contribution in [0.3, 0.4) is 0 Å². The normalized spacial score (nSPS) is 22.9. The lowest BCUT2D eigenvalue weighted by Crippen LogP contribution is -2.38. The maximum atomic E-state index is 11.6. The predicted octanol–water partition coefficient (Wildman–Crippen LogP) is 4.57. The molecule has 0 aliphatic heterocycles. The molecule has 0 bridgehead atoms. The molecule has 0 spiro atoms. The Morgan fingerprint density at radius 2 is 2.12 bits per heavy atom. The number of carbonyl (C=O) groups excluding carboxylic acids is 1. The van der Waals surface area contributed by atoms with Crippen molar-refractivity contribution >= 4 is 17.3 Å². The van der Waals surface area contributed by atoms with Crippen LogP contribution in [0.1, 0.15) is 52.0 Å². The van der Waals surface area contributed by atoms with Crippen molar-refractivity contribution in [3.8, 4) is 0 Å². The summed E-state index contributed by atoms with van der Waals surface area (Å²) in [6, 6.07) is 5.46. The molecule has 0 saturated heterocycles. The van der Waals surface area contributed by atoms with Crippen LogP contribution in [0.15, 0.2) is 18.2 Å². The Kier molecular flexibility index (Phi) is 7.00. The Balaban J connectivity index is 2.19. The van der Waals surface area contributed by atoms with E-state index in [1.165, 1.54) is 13.5 Å². The highest BCUT2D eigenvalue weighted by molar-refractivity contribution is 5.70. The third-order valence-electron chi connectivity index (χ3n) is 5.47. The third kappa shape index (κ3) is 5.19. The van der Waals surface area contributed by atoms with Gasteiger partial charge in [0, 0.05) is 18.5 Å². The maximum absolute atomic E-state index is 11.6. The van der Waals surface area contributed by atoms with Gasteiger partial charge in [0.2, 0.25) is 0 Å². The van der Waals surface area contributed by atoms with Gasteiger partial charge >= 0.3 is 5.97 Å². The number of nitro groups is 1. The average Bonchev–Trinajstić information content (AvgIpc) is 2.60. The van der Waals surface area contributed by atoms with Crippen LogP contribution in [0.25, 0.3) is 0 Å². The fraction of sp³-hybridized carbons (Fsp3) is 0.650. The van der Waals surface area contributed by atoms with Crippen LogP contribution in [-0.4, -0.2) is 24.0 Å². The number of nitrogens with one attached hydrogen (secondary N) is 1. The minimum atomic E-state index is -0.347. The Morgan fingerprint density at radius 3 is 2.73 bits per heavy atom. The Hall–Kier alpha value is -2.11. The summed E-state index contributed by atoms with van der Waals surface area (Å²) < 4.78 is 4.63. The van der Waals surface area contributed by atoms with Crippen molar-refractivity contribution in [3.63, 3.8) is 0 Å². The molecule has 0 radical (unpaired) electrons. The zero-order chi connectivity index (χ0) is 19.3. The van der Waals surface area contributed by atoms with Crippen LogP contribution in [0.5, 0.6) is 0 Å². The van der Waals surface area contributed by atoms with Crippen LogP contribution < -0.4 is 5.32 Å². The molecule has 1 saturated carbocycles. The van der Waals surface area contributed by atoms with E-state index in [2.05, 4.69) is 30.8 Å². The van der Waals surface area contributed by atoms with Gasteiger partial charge in [-0.25, -0.2) is 0 Å². The van der Waals surface area contributed by atoms with E-state index in [1.54, 1.807) is 12.1 Å². The summed E-state index contributed by atoms with van der Waals surface area (Å²) in [5, 5.41) is 15.0. The van der Waals surface area contributed by atoms with Gasteiger partial charge in [-0.2, -0.15) is 0 Å². The lowest BCUT2D eigenvalue weighted by Gasteiger charge is -2.38. The number of rotatable bonds is 7. The molecular weight excluding hydrogens is 332 g/mol. The van der Waals surface area contributed by atoms with Gasteiger partial charge in [0.25, 0.3) is 5.69 Å². The zero-order valence-corrected chi connectivity index (χ0v) is 16.2. The average molecular weight is 362 g/mol. The highest BCUT2D eigenvalue weighted by Crippen LogP contribution is 2.37. The number of hydrogen-bond acceptors (Lipinski definition) is 5. The van der Waals surface area contributed by atoms with Gasteiger partial charge in [-0.05, 0) is 48.6 Å². The monoisotopic (exact) mass is 362 g/mol. The van der Waals surface area contributed by atoms with Crippen LogP contribution in [0.2, 0.25) is 0 Å². The standard InChI is InChI=1S/C20H30N2O4/c1-13(2)16-8-5-14(3)11-18(16)21-17-9-6-15(7-10-20(23)26-4)12-19(17)22(24)25/h6,9,12-14,16,18,21H,5,7-8,10-11H2,1-4H3/t14-,16+,18-/m1/s1. The first kappa shape index (κ1) is 20.2. The van der Waals surface area contributed by atoms with Crippen molar-refractivity contribution in [2.75, 3.05) is 12.4 Å². The molecule has 1 aliphatic rings. The molecule has 1 aromatic carbocycles. The summed E-state index contributed by atoms with van der Waals surface area (Å²) >= 11 is 0. The molecule has 1 aromatic rings. The fourth-order valence-corrected chi connectivity index (χ4v) is 3.92. The minimum Gasteiger partial charge on any atom is -0.469 e. The summed E-state index contributed by atoms with van der Waals surface area (Å²) in [4.78, 5) is 22.5. The molecule has 1 N–H and O–H groups in total.